The lowest BCUT2D eigenvalue weighted by Crippen LogP contribution is -1.91. The summed E-state index contributed by atoms with van der Waals surface area (Å²) in [6, 6.07) is 10.0. The third-order valence-corrected chi connectivity index (χ3v) is 2.88. The number of pyridine rings is 1. The first-order valence-corrected chi connectivity index (χ1v) is 5.48. The van der Waals surface area contributed by atoms with Gasteiger partial charge in [-0.1, -0.05) is 12.1 Å². The summed E-state index contributed by atoms with van der Waals surface area (Å²) in [7, 11) is 0. The van der Waals surface area contributed by atoms with Gasteiger partial charge in [0.1, 0.15) is 0 Å². The van der Waals surface area contributed by atoms with E-state index in [1.165, 1.54) is 11.1 Å². The summed E-state index contributed by atoms with van der Waals surface area (Å²) in [5, 5.41) is 0. The number of halogens is 1. The molecule has 0 aliphatic carbocycles. The van der Waals surface area contributed by atoms with E-state index in [-0.39, 0.29) is 0 Å². The number of aromatic nitrogens is 1. The van der Waals surface area contributed by atoms with Gasteiger partial charge < -0.3 is 5.73 Å². The molecule has 2 N–H and O–H groups in total. The van der Waals surface area contributed by atoms with Gasteiger partial charge >= 0.3 is 0 Å². The highest BCUT2D eigenvalue weighted by molar-refractivity contribution is 9.10. The zero-order valence-corrected chi connectivity index (χ0v) is 9.74. The van der Waals surface area contributed by atoms with Crippen molar-refractivity contribution in [3.05, 3.63) is 58.3 Å². The van der Waals surface area contributed by atoms with Crippen LogP contribution in [-0.4, -0.2) is 4.98 Å². The van der Waals surface area contributed by atoms with Crippen LogP contribution in [0.2, 0.25) is 0 Å². The van der Waals surface area contributed by atoms with E-state index in [9.17, 15) is 0 Å². The Labute approximate surface area is 97.3 Å². The molecule has 1 aromatic heterocycles. The highest BCUT2D eigenvalue weighted by Crippen LogP contribution is 2.21. The number of rotatable bonds is 2. The number of nitrogens with zero attached hydrogens (tertiary/aromatic N) is 1. The average Bonchev–Trinajstić information content (AvgIpc) is 2.25. The maximum absolute atomic E-state index is 5.72. The SMILES string of the molecule is Nc1ccc(Cc2cccnc2)cc1Br. The van der Waals surface area contributed by atoms with Crippen molar-refractivity contribution in [3.63, 3.8) is 0 Å². The van der Waals surface area contributed by atoms with Gasteiger partial charge in [-0.05, 0) is 51.7 Å². The van der Waals surface area contributed by atoms with Gasteiger partial charge in [0.25, 0.3) is 0 Å². The smallest absolute Gasteiger partial charge is 0.0458 e. The highest BCUT2D eigenvalue weighted by Gasteiger charge is 1.99. The number of anilines is 1. The Hall–Kier alpha value is -1.35. The van der Waals surface area contributed by atoms with E-state index in [1.54, 1.807) is 6.20 Å². The fraction of sp³-hybridized carbons (Fsp3) is 0.0833. The van der Waals surface area contributed by atoms with Crippen LogP contribution in [0.3, 0.4) is 0 Å². The second-order valence-corrected chi connectivity index (χ2v) is 4.25. The minimum atomic E-state index is 0.768. The fourth-order valence-electron chi connectivity index (χ4n) is 1.42. The van der Waals surface area contributed by atoms with E-state index < -0.39 is 0 Å². The second-order valence-electron chi connectivity index (χ2n) is 3.39. The lowest BCUT2D eigenvalue weighted by molar-refractivity contribution is 1.14. The summed E-state index contributed by atoms with van der Waals surface area (Å²) in [6.45, 7) is 0. The first-order chi connectivity index (χ1) is 7.25. The fourth-order valence-corrected chi connectivity index (χ4v) is 1.85. The predicted molar refractivity (Wildman–Crippen MR) is 65.6 cm³/mol. The van der Waals surface area contributed by atoms with Gasteiger partial charge in [-0.15, -0.1) is 0 Å². The van der Waals surface area contributed by atoms with Crippen molar-refractivity contribution in [1.29, 1.82) is 0 Å². The van der Waals surface area contributed by atoms with Gasteiger partial charge in [-0.2, -0.15) is 0 Å². The molecule has 2 nitrogen and oxygen atoms in total. The minimum Gasteiger partial charge on any atom is -0.398 e. The Morgan fingerprint density at radius 1 is 1.20 bits per heavy atom. The molecule has 0 atom stereocenters. The Morgan fingerprint density at radius 3 is 2.73 bits per heavy atom. The van der Waals surface area contributed by atoms with Crippen LogP contribution in [0.5, 0.6) is 0 Å². The molecule has 0 unspecified atom stereocenters. The summed E-state index contributed by atoms with van der Waals surface area (Å²) in [6.07, 6.45) is 4.54. The molecule has 0 amide bonds. The van der Waals surface area contributed by atoms with Crippen LogP contribution in [0.25, 0.3) is 0 Å². The Balaban J connectivity index is 2.22. The zero-order valence-electron chi connectivity index (χ0n) is 8.15. The predicted octanol–water partition coefficient (Wildman–Crippen LogP) is 3.02. The molecular formula is C12H11BrN2. The summed E-state index contributed by atoms with van der Waals surface area (Å²) in [5.74, 6) is 0. The highest BCUT2D eigenvalue weighted by atomic mass is 79.9. The molecule has 0 saturated carbocycles. The van der Waals surface area contributed by atoms with E-state index in [1.807, 2.05) is 30.5 Å². The molecule has 15 heavy (non-hydrogen) atoms. The summed E-state index contributed by atoms with van der Waals surface area (Å²) in [5.41, 5.74) is 8.92. The number of hydrogen-bond donors (Lipinski definition) is 1. The molecule has 0 fully saturated rings. The molecule has 2 aromatic rings. The lowest BCUT2D eigenvalue weighted by Gasteiger charge is -2.03. The van der Waals surface area contributed by atoms with Gasteiger partial charge in [0.15, 0.2) is 0 Å². The molecule has 0 aliphatic heterocycles. The Morgan fingerprint density at radius 2 is 2.07 bits per heavy atom. The largest absolute Gasteiger partial charge is 0.398 e. The third kappa shape index (κ3) is 2.57. The van der Waals surface area contributed by atoms with Crippen molar-refractivity contribution >= 4 is 21.6 Å². The normalized spacial score (nSPS) is 10.2. The van der Waals surface area contributed by atoms with Crippen molar-refractivity contribution in [2.45, 2.75) is 6.42 Å². The molecule has 1 aromatic carbocycles. The van der Waals surface area contributed by atoms with Crippen molar-refractivity contribution < 1.29 is 0 Å². The number of benzene rings is 1. The monoisotopic (exact) mass is 262 g/mol. The molecule has 0 radical (unpaired) electrons. The van der Waals surface area contributed by atoms with Crippen LogP contribution in [0.4, 0.5) is 5.69 Å². The molecule has 2 rings (SSSR count). The van der Waals surface area contributed by atoms with Crippen LogP contribution in [0.15, 0.2) is 47.2 Å². The quantitative estimate of drug-likeness (QED) is 0.846. The molecule has 3 heteroatoms. The van der Waals surface area contributed by atoms with E-state index in [0.29, 0.717) is 0 Å². The van der Waals surface area contributed by atoms with Crippen LogP contribution < -0.4 is 5.73 Å². The first kappa shape index (κ1) is 10.2. The maximum atomic E-state index is 5.72. The average molecular weight is 263 g/mol. The van der Waals surface area contributed by atoms with E-state index >= 15 is 0 Å². The molecular weight excluding hydrogens is 252 g/mol. The molecule has 0 saturated heterocycles. The minimum absolute atomic E-state index is 0.768. The molecule has 1 heterocycles. The van der Waals surface area contributed by atoms with Gasteiger partial charge in [0, 0.05) is 22.6 Å². The number of nitrogen functional groups attached to an aromatic ring is 1. The number of hydrogen-bond acceptors (Lipinski definition) is 2. The van der Waals surface area contributed by atoms with Crippen molar-refractivity contribution in [3.8, 4) is 0 Å². The van der Waals surface area contributed by atoms with Gasteiger partial charge in [0.05, 0.1) is 0 Å². The lowest BCUT2D eigenvalue weighted by atomic mass is 10.1. The number of nitrogens with two attached hydrogens (primary N) is 1. The topological polar surface area (TPSA) is 38.9 Å². The first-order valence-electron chi connectivity index (χ1n) is 4.68. The second kappa shape index (κ2) is 4.45. The molecule has 76 valence electrons. The van der Waals surface area contributed by atoms with E-state index in [4.69, 9.17) is 5.73 Å². The van der Waals surface area contributed by atoms with Crippen LogP contribution in [-0.2, 0) is 6.42 Å². The van der Waals surface area contributed by atoms with Crippen LogP contribution in [0.1, 0.15) is 11.1 Å². The van der Waals surface area contributed by atoms with Gasteiger partial charge in [-0.25, -0.2) is 0 Å². The molecule has 0 aliphatic rings. The van der Waals surface area contributed by atoms with Crippen LogP contribution in [0, 0.1) is 0 Å². The van der Waals surface area contributed by atoms with Crippen molar-refractivity contribution in [2.75, 3.05) is 5.73 Å². The summed E-state index contributed by atoms with van der Waals surface area (Å²) in [4.78, 5) is 4.08. The third-order valence-electron chi connectivity index (χ3n) is 2.20. The Kier molecular flexibility index (Phi) is 3.02. The maximum Gasteiger partial charge on any atom is 0.0458 e. The standard InChI is InChI=1S/C12H11BrN2/c13-11-7-9(3-4-12(11)14)6-10-2-1-5-15-8-10/h1-5,7-8H,6,14H2. The van der Waals surface area contributed by atoms with Crippen molar-refractivity contribution in [2.24, 2.45) is 0 Å². The zero-order chi connectivity index (χ0) is 10.7. The van der Waals surface area contributed by atoms with E-state index in [2.05, 4.69) is 27.0 Å². The summed E-state index contributed by atoms with van der Waals surface area (Å²) < 4.78 is 0.948. The molecule has 0 spiro atoms. The summed E-state index contributed by atoms with van der Waals surface area (Å²) >= 11 is 3.42. The van der Waals surface area contributed by atoms with Crippen molar-refractivity contribution in [1.82, 2.24) is 4.98 Å². The van der Waals surface area contributed by atoms with Gasteiger partial charge in [-0.3, -0.25) is 4.98 Å². The Bertz CT molecular complexity index is 454. The van der Waals surface area contributed by atoms with E-state index in [0.717, 1.165) is 16.6 Å². The molecule has 0 bridgehead atoms. The van der Waals surface area contributed by atoms with Gasteiger partial charge in [0.2, 0.25) is 0 Å². The van der Waals surface area contributed by atoms with Crippen LogP contribution >= 0.6 is 15.9 Å².